The smallest absolute Gasteiger partial charge is 0.412 e. The first-order chi connectivity index (χ1) is 7.58. The number of H-pyrrole nitrogens is 1. The van der Waals surface area contributed by atoms with Crippen LogP contribution in [0.15, 0.2) is 33.5 Å². The number of benzene rings is 1. The van der Waals surface area contributed by atoms with E-state index in [0.717, 1.165) is 22.6 Å². The molecule has 3 nitrogen and oxygen atoms in total. The summed E-state index contributed by atoms with van der Waals surface area (Å²) in [6.07, 6.45) is 0. The van der Waals surface area contributed by atoms with Crippen LogP contribution in [0.25, 0.3) is 11.3 Å². The van der Waals surface area contributed by atoms with E-state index >= 15 is 0 Å². The number of aryl methyl sites for hydroxylation is 1. The molecule has 0 amide bonds. The number of rotatable bonds is 2. The lowest BCUT2D eigenvalue weighted by Gasteiger charge is -2.04. The highest BCUT2D eigenvalue weighted by atomic mass is 16.4. The number of aromatic nitrogens is 1. The second-order valence-electron chi connectivity index (χ2n) is 4.28. The van der Waals surface area contributed by atoms with E-state index in [2.05, 4.69) is 4.98 Å². The zero-order chi connectivity index (χ0) is 11.7. The maximum Gasteiger partial charge on any atom is 0.416 e. The Morgan fingerprint density at radius 3 is 2.69 bits per heavy atom. The molecular formula is C13H15NO2. The molecule has 1 heterocycles. The average Bonchev–Trinajstić information content (AvgIpc) is 2.60. The first-order valence-corrected chi connectivity index (χ1v) is 5.38. The van der Waals surface area contributed by atoms with Gasteiger partial charge in [-0.3, -0.25) is 4.98 Å². The van der Waals surface area contributed by atoms with Gasteiger partial charge in [0.15, 0.2) is 0 Å². The molecule has 16 heavy (non-hydrogen) atoms. The third-order valence-corrected chi connectivity index (χ3v) is 2.51. The fraction of sp³-hybridized carbons (Fsp3) is 0.308. The van der Waals surface area contributed by atoms with E-state index in [-0.39, 0.29) is 11.7 Å². The van der Waals surface area contributed by atoms with E-state index < -0.39 is 0 Å². The molecule has 2 aromatic rings. The van der Waals surface area contributed by atoms with Gasteiger partial charge in [0.05, 0.1) is 5.69 Å². The Balaban J connectivity index is 2.59. The van der Waals surface area contributed by atoms with Crippen molar-refractivity contribution in [2.75, 3.05) is 0 Å². The van der Waals surface area contributed by atoms with Crippen LogP contribution in [-0.2, 0) is 0 Å². The van der Waals surface area contributed by atoms with E-state index in [1.165, 1.54) is 0 Å². The molecular weight excluding hydrogens is 202 g/mol. The zero-order valence-electron chi connectivity index (χ0n) is 9.70. The van der Waals surface area contributed by atoms with Crippen LogP contribution in [-0.4, -0.2) is 4.98 Å². The van der Waals surface area contributed by atoms with Gasteiger partial charge in [-0.1, -0.05) is 37.6 Å². The Kier molecular flexibility index (Phi) is 2.69. The molecule has 0 atom stereocenters. The summed E-state index contributed by atoms with van der Waals surface area (Å²) in [6.45, 7) is 6.04. The third-order valence-electron chi connectivity index (χ3n) is 2.51. The molecule has 0 aliphatic rings. The quantitative estimate of drug-likeness (QED) is 0.840. The molecule has 1 aromatic carbocycles. The van der Waals surface area contributed by atoms with Gasteiger partial charge in [0, 0.05) is 11.5 Å². The van der Waals surface area contributed by atoms with Gasteiger partial charge in [0.25, 0.3) is 0 Å². The van der Waals surface area contributed by atoms with Crippen molar-refractivity contribution in [3.05, 3.63) is 46.1 Å². The fourth-order valence-corrected chi connectivity index (χ4v) is 1.76. The van der Waals surface area contributed by atoms with Crippen molar-refractivity contribution in [3.63, 3.8) is 0 Å². The first kappa shape index (κ1) is 10.7. The largest absolute Gasteiger partial charge is 0.416 e. The minimum atomic E-state index is -0.389. The minimum Gasteiger partial charge on any atom is -0.412 e. The molecule has 0 spiro atoms. The molecule has 2 rings (SSSR count). The van der Waals surface area contributed by atoms with Crippen LogP contribution in [0.2, 0.25) is 0 Å². The Morgan fingerprint density at radius 2 is 2.06 bits per heavy atom. The zero-order valence-corrected chi connectivity index (χ0v) is 9.70. The van der Waals surface area contributed by atoms with Crippen LogP contribution in [0.5, 0.6) is 0 Å². The Morgan fingerprint density at radius 1 is 1.31 bits per heavy atom. The number of oxazole rings is 1. The van der Waals surface area contributed by atoms with E-state index in [1.807, 2.05) is 45.0 Å². The van der Waals surface area contributed by atoms with Crippen LogP contribution in [0.1, 0.15) is 31.1 Å². The van der Waals surface area contributed by atoms with Crippen LogP contribution in [0.4, 0.5) is 0 Å². The molecule has 0 saturated carbocycles. The molecule has 84 valence electrons. The van der Waals surface area contributed by atoms with Gasteiger partial charge in [-0.2, -0.15) is 0 Å². The topological polar surface area (TPSA) is 46.0 Å². The van der Waals surface area contributed by atoms with Gasteiger partial charge >= 0.3 is 5.76 Å². The van der Waals surface area contributed by atoms with Gasteiger partial charge in [-0.05, 0) is 13.0 Å². The number of hydrogen-bond donors (Lipinski definition) is 1. The van der Waals surface area contributed by atoms with Crippen molar-refractivity contribution >= 4 is 0 Å². The summed E-state index contributed by atoms with van der Waals surface area (Å²) in [6, 6.07) is 8.00. The molecule has 0 aliphatic carbocycles. The van der Waals surface area contributed by atoms with Crippen molar-refractivity contribution in [2.24, 2.45) is 0 Å². The third kappa shape index (κ3) is 1.94. The van der Waals surface area contributed by atoms with Crippen molar-refractivity contribution in [1.29, 1.82) is 0 Å². The van der Waals surface area contributed by atoms with Gasteiger partial charge < -0.3 is 4.42 Å². The lowest BCUT2D eigenvalue weighted by atomic mass is 10.0. The molecule has 0 aliphatic heterocycles. The summed E-state index contributed by atoms with van der Waals surface area (Å²) in [5.41, 5.74) is 2.95. The van der Waals surface area contributed by atoms with E-state index in [4.69, 9.17) is 4.42 Å². The lowest BCUT2D eigenvalue weighted by molar-refractivity contribution is 0.451. The average molecular weight is 217 g/mol. The molecule has 0 unspecified atom stereocenters. The highest BCUT2D eigenvalue weighted by Gasteiger charge is 2.14. The number of hydrogen-bond acceptors (Lipinski definition) is 2. The maximum atomic E-state index is 11.3. The van der Waals surface area contributed by atoms with Crippen molar-refractivity contribution < 1.29 is 4.42 Å². The molecule has 0 bridgehead atoms. The normalized spacial score (nSPS) is 11.0. The van der Waals surface area contributed by atoms with Gasteiger partial charge in [-0.25, -0.2) is 4.79 Å². The highest BCUT2D eigenvalue weighted by molar-refractivity contribution is 5.62. The van der Waals surface area contributed by atoms with E-state index in [9.17, 15) is 4.79 Å². The van der Waals surface area contributed by atoms with E-state index in [1.54, 1.807) is 0 Å². The molecule has 1 N–H and O–H groups in total. The fourth-order valence-electron chi connectivity index (χ4n) is 1.76. The van der Waals surface area contributed by atoms with Gasteiger partial charge in [-0.15, -0.1) is 0 Å². The SMILES string of the molecule is Cc1cccc(-c2[nH]c(=O)oc2C(C)C)c1. The highest BCUT2D eigenvalue weighted by Crippen LogP contribution is 2.26. The molecule has 1 aromatic heterocycles. The minimum absolute atomic E-state index is 0.189. The summed E-state index contributed by atoms with van der Waals surface area (Å²) in [7, 11) is 0. The molecule has 0 fully saturated rings. The maximum absolute atomic E-state index is 11.3. The van der Waals surface area contributed by atoms with Crippen LogP contribution >= 0.6 is 0 Å². The first-order valence-electron chi connectivity index (χ1n) is 5.38. The standard InChI is InChI=1S/C13H15NO2/c1-8(2)12-11(14-13(15)16-12)10-6-4-5-9(3)7-10/h4-8H,1-3H3,(H,14,15). The predicted octanol–water partition coefficient (Wildman–Crippen LogP) is 3.07. The van der Waals surface area contributed by atoms with Crippen molar-refractivity contribution in [3.8, 4) is 11.3 Å². The molecule has 3 heteroatoms. The lowest BCUT2D eigenvalue weighted by Crippen LogP contribution is -1.94. The summed E-state index contributed by atoms with van der Waals surface area (Å²) < 4.78 is 5.16. The van der Waals surface area contributed by atoms with Gasteiger partial charge in [0.1, 0.15) is 5.76 Å². The second kappa shape index (κ2) is 4.00. The Labute approximate surface area is 94.1 Å². The Bertz CT molecular complexity index is 549. The summed E-state index contributed by atoms with van der Waals surface area (Å²) >= 11 is 0. The van der Waals surface area contributed by atoms with E-state index in [0.29, 0.717) is 0 Å². The predicted molar refractivity (Wildman–Crippen MR) is 63.6 cm³/mol. The molecule has 0 radical (unpaired) electrons. The number of nitrogens with one attached hydrogen (secondary N) is 1. The van der Waals surface area contributed by atoms with Gasteiger partial charge in [0.2, 0.25) is 0 Å². The molecule has 0 saturated heterocycles. The summed E-state index contributed by atoms with van der Waals surface area (Å²) in [5, 5.41) is 0. The Hall–Kier alpha value is -1.77. The summed E-state index contributed by atoms with van der Waals surface area (Å²) in [4.78, 5) is 14.0. The summed E-state index contributed by atoms with van der Waals surface area (Å²) in [5.74, 6) is 0.519. The van der Waals surface area contributed by atoms with Crippen LogP contribution < -0.4 is 5.76 Å². The van der Waals surface area contributed by atoms with Crippen molar-refractivity contribution in [2.45, 2.75) is 26.7 Å². The number of aromatic amines is 1. The van der Waals surface area contributed by atoms with Crippen LogP contribution in [0.3, 0.4) is 0 Å². The van der Waals surface area contributed by atoms with Crippen LogP contribution in [0, 0.1) is 6.92 Å². The monoisotopic (exact) mass is 217 g/mol. The van der Waals surface area contributed by atoms with Crippen molar-refractivity contribution in [1.82, 2.24) is 4.98 Å². The second-order valence-corrected chi connectivity index (χ2v) is 4.28.